The van der Waals surface area contributed by atoms with Crippen LogP contribution in [-0.4, -0.2) is 16.8 Å². The van der Waals surface area contributed by atoms with E-state index in [-0.39, 0.29) is 6.61 Å². The molecule has 16 heavy (non-hydrogen) atoms. The molecule has 0 amide bonds. The van der Waals surface area contributed by atoms with E-state index in [1.165, 1.54) is 11.1 Å². The lowest BCUT2D eigenvalue weighted by Crippen LogP contribution is -2.02. The minimum atomic E-state index is -0.397. The molecule has 2 N–H and O–H groups in total. The number of aliphatic hydroxyl groups is 2. The molecule has 0 bridgehead atoms. The summed E-state index contributed by atoms with van der Waals surface area (Å²) in [4.78, 5) is 0. The molecule has 0 spiro atoms. The van der Waals surface area contributed by atoms with Crippen molar-refractivity contribution < 1.29 is 10.2 Å². The second-order valence-corrected chi connectivity index (χ2v) is 4.53. The van der Waals surface area contributed by atoms with E-state index >= 15 is 0 Å². The first kappa shape index (κ1) is 13.2. The third-order valence-corrected chi connectivity index (χ3v) is 3.13. The van der Waals surface area contributed by atoms with E-state index in [2.05, 4.69) is 26.0 Å². The second kappa shape index (κ2) is 6.02. The Bertz CT molecular complexity index is 345. The highest BCUT2D eigenvalue weighted by Crippen LogP contribution is 2.25. The lowest BCUT2D eigenvalue weighted by atomic mass is 9.95. The molecular formula is C14H22O2. The van der Waals surface area contributed by atoms with Gasteiger partial charge in [-0.05, 0) is 62.3 Å². The molecular weight excluding hydrogens is 200 g/mol. The van der Waals surface area contributed by atoms with Crippen LogP contribution in [0, 0.1) is 20.8 Å². The van der Waals surface area contributed by atoms with Crippen molar-refractivity contribution in [3.63, 3.8) is 0 Å². The summed E-state index contributed by atoms with van der Waals surface area (Å²) in [5.74, 6) is 0. The Morgan fingerprint density at radius 2 is 1.62 bits per heavy atom. The van der Waals surface area contributed by atoms with Crippen LogP contribution >= 0.6 is 0 Å². The number of hydrogen-bond donors (Lipinski definition) is 2. The number of benzene rings is 1. The summed E-state index contributed by atoms with van der Waals surface area (Å²) in [5.41, 5.74) is 4.67. The summed E-state index contributed by atoms with van der Waals surface area (Å²) in [7, 11) is 0. The minimum Gasteiger partial charge on any atom is -0.396 e. The van der Waals surface area contributed by atoms with E-state index in [1.54, 1.807) is 0 Å². The first-order chi connectivity index (χ1) is 7.56. The Balaban J connectivity index is 2.75. The van der Waals surface area contributed by atoms with Crippen molar-refractivity contribution >= 4 is 0 Å². The predicted octanol–water partition coefficient (Wildman–Crippen LogP) is 2.81. The molecule has 0 saturated carbocycles. The van der Waals surface area contributed by atoms with Crippen LogP contribution < -0.4 is 0 Å². The molecule has 0 radical (unpaired) electrons. The third kappa shape index (κ3) is 3.32. The molecule has 0 aromatic heterocycles. The molecule has 1 rings (SSSR count). The zero-order chi connectivity index (χ0) is 12.1. The van der Waals surface area contributed by atoms with Crippen LogP contribution in [0.1, 0.15) is 47.6 Å². The minimum absolute atomic E-state index is 0.207. The predicted molar refractivity (Wildman–Crippen MR) is 66.5 cm³/mol. The van der Waals surface area contributed by atoms with Gasteiger partial charge in [-0.3, -0.25) is 0 Å². The molecule has 2 nitrogen and oxygen atoms in total. The first-order valence-corrected chi connectivity index (χ1v) is 5.93. The van der Waals surface area contributed by atoms with E-state index in [4.69, 9.17) is 5.11 Å². The van der Waals surface area contributed by atoms with Gasteiger partial charge in [-0.25, -0.2) is 0 Å². The monoisotopic (exact) mass is 222 g/mol. The molecule has 2 heteroatoms. The number of aryl methyl sites for hydroxylation is 3. The molecule has 0 aliphatic carbocycles. The zero-order valence-corrected chi connectivity index (χ0v) is 10.5. The molecule has 1 atom stereocenters. The van der Waals surface area contributed by atoms with Crippen molar-refractivity contribution in [2.24, 2.45) is 0 Å². The maximum absolute atomic E-state index is 10.1. The van der Waals surface area contributed by atoms with Crippen molar-refractivity contribution in [2.75, 3.05) is 6.61 Å². The Hall–Kier alpha value is -0.860. The zero-order valence-electron chi connectivity index (χ0n) is 10.5. The summed E-state index contributed by atoms with van der Waals surface area (Å²) in [6.45, 7) is 6.40. The summed E-state index contributed by atoms with van der Waals surface area (Å²) in [6.07, 6.45) is 1.96. The van der Waals surface area contributed by atoms with Crippen LogP contribution in [-0.2, 0) is 0 Å². The van der Waals surface area contributed by atoms with Crippen LogP contribution in [0.2, 0.25) is 0 Å². The molecule has 0 aliphatic heterocycles. The highest BCUT2D eigenvalue weighted by Gasteiger charge is 2.11. The van der Waals surface area contributed by atoms with Crippen molar-refractivity contribution in [1.82, 2.24) is 0 Å². The molecule has 0 saturated heterocycles. The summed E-state index contributed by atoms with van der Waals surface area (Å²) >= 11 is 0. The van der Waals surface area contributed by atoms with E-state index in [1.807, 2.05) is 6.92 Å². The summed E-state index contributed by atoms with van der Waals surface area (Å²) < 4.78 is 0. The molecule has 1 aromatic carbocycles. The topological polar surface area (TPSA) is 40.5 Å². The van der Waals surface area contributed by atoms with Gasteiger partial charge in [0.05, 0.1) is 6.10 Å². The van der Waals surface area contributed by atoms with E-state index in [0.29, 0.717) is 0 Å². The Labute approximate surface area is 97.9 Å². The van der Waals surface area contributed by atoms with Crippen molar-refractivity contribution in [3.05, 3.63) is 34.4 Å². The van der Waals surface area contributed by atoms with Crippen molar-refractivity contribution in [1.29, 1.82) is 0 Å². The van der Waals surface area contributed by atoms with Gasteiger partial charge in [0.15, 0.2) is 0 Å². The van der Waals surface area contributed by atoms with Crippen LogP contribution in [0.3, 0.4) is 0 Å². The largest absolute Gasteiger partial charge is 0.396 e. The van der Waals surface area contributed by atoms with Gasteiger partial charge in [-0.15, -0.1) is 0 Å². The van der Waals surface area contributed by atoms with Gasteiger partial charge in [0.25, 0.3) is 0 Å². The van der Waals surface area contributed by atoms with E-state index in [9.17, 15) is 5.11 Å². The van der Waals surface area contributed by atoms with E-state index in [0.717, 1.165) is 30.4 Å². The second-order valence-electron chi connectivity index (χ2n) is 4.53. The van der Waals surface area contributed by atoms with Gasteiger partial charge in [0.1, 0.15) is 0 Å². The molecule has 0 aliphatic rings. The number of aliphatic hydroxyl groups excluding tert-OH is 2. The van der Waals surface area contributed by atoms with Gasteiger partial charge in [0.2, 0.25) is 0 Å². The highest BCUT2D eigenvalue weighted by atomic mass is 16.3. The highest BCUT2D eigenvalue weighted by molar-refractivity contribution is 5.37. The quantitative estimate of drug-likeness (QED) is 0.752. The van der Waals surface area contributed by atoms with E-state index < -0.39 is 6.10 Å². The van der Waals surface area contributed by atoms with Crippen LogP contribution in [0.25, 0.3) is 0 Å². The maximum Gasteiger partial charge on any atom is 0.0792 e. The van der Waals surface area contributed by atoms with Gasteiger partial charge < -0.3 is 10.2 Å². The molecule has 90 valence electrons. The lowest BCUT2D eigenvalue weighted by Gasteiger charge is -2.15. The van der Waals surface area contributed by atoms with Gasteiger partial charge in [-0.1, -0.05) is 12.1 Å². The molecule has 0 heterocycles. The average Bonchev–Trinajstić information content (AvgIpc) is 2.23. The maximum atomic E-state index is 10.1. The smallest absolute Gasteiger partial charge is 0.0792 e. The SMILES string of the molecule is Cc1cc(C)c(C(O)CCCCO)cc1C. The van der Waals surface area contributed by atoms with Crippen molar-refractivity contribution in [2.45, 2.75) is 46.1 Å². The van der Waals surface area contributed by atoms with Gasteiger partial charge in [-0.2, -0.15) is 0 Å². The first-order valence-electron chi connectivity index (χ1n) is 5.93. The summed E-state index contributed by atoms with van der Waals surface area (Å²) in [5, 5.41) is 18.8. The Kier molecular flexibility index (Phi) is 4.97. The van der Waals surface area contributed by atoms with Gasteiger partial charge in [0, 0.05) is 6.61 Å². The van der Waals surface area contributed by atoms with Crippen LogP contribution in [0.15, 0.2) is 12.1 Å². The standard InChI is InChI=1S/C14H22O2/c1-10-8-12(3)13(9-11(10)2)14(16)6-4-5-7-15/h8-9,14-16H,4-7H2,1-3H3. The fraction of sp³-hybridized carbons (Fsp3) is 0.571. The fourth-order valence-corrected chi connectivity index (χ4v) is 1.95. The lowest BCUT2D eigenvalue weighted by molar-refractivity contribution is 0.158. The van der Waals surface area contributed by atoms with Crippen LogP contribution in [0.4, 0.5) is 0 Å². The number of rotatable bonds is 5. The number of hydrogen-bond acceptors (Lipinski definition) is 2. The Morgan fingerprint density at radius 3 is 2.25 bits per heavy atom. The number of unbranched alkanes of at least 4 members (excludes halogenated alkanes) is 1. The normalized spacial score (nSPS) is 12.8. The third-order valence-electron chi connectivity index (χ3n) is 3.13. The van der Waals surface area contributed by atoms with Crippen LogP contribution in [0.5, 0.6) is 0 Å². The molecule has 1 unspecified atom stereocenters. The molecule has 1 aromatic rings. The van der Waals surface area contributed by atoms with Crippen molar-refractivity contribution in [3.8, 4) is 0 Å². The van der Waals surface area contributed by atoms with Gasteiger partial charge >= 0.3 is 0 Å². The Morgan fingerprint density at radius 1 is 1.00 bits per heavy atom. The summed E-state index contributed by atoms with van der Waals surface area (Å²) in [6, 6.07) is 4.20. The molecule has 0 fully saturated rings. The fourth-order valence-electron chi connectivity index (χ4n) is 1.95. The average molecular weight is 222 g/mol.